The Kier molecular flexibility index (Phi) is 8.01. The largest absolute Gasteiger partial charge is 0.489 e. The quantitative estimate of drug-likeness (QED) is 0.331. The van der Waals surface area contributed by atoms with Gasteiger partial charge in [0, 0.05) is 11.5 Å². The molecule has 1 aliphatic rings. The molecule has 36 heavy (non-hydrogen) atoms. The van der Waals surface area contributed by atoms with E-state index in [0.717, 1.165) is 43.8 Å². The normalized spacial score (nSPS) is 13.9. The summed E-state index contributed by atoms with van der Waals surface area (Å²) < 4.78 is 34.1. The van der Waals surface area contributed by atoms with Crippen LogP contribution >= 0.6 is 11.8 Å². The molecule has 1 heterocycles. The Morgan fingerprint density at radius 1 is 1.03 bits per heavy atom. The molecule has 188 valence electrons. The second kappa shape index (κ2) is 11.2. The maximum atomic E-state index is 13.5. The Morgan fingerprint density at radius 2 is 1.72 bits per heavy atom. The Hall–Kier alpha value is -3.30. The summed E-state index contributed by atoms with van der Waals surface area (Å²) in [5.74, 6) is 2.16. The maximum absolute atomic E-state index is 13.5. The first-order valence-corrected chi connectivity index (χ1v) is 14.1. The third-order valence-electron chi connectivity index (χ3n) is 5.56. The molecule has 1 amide bonds. The van der Waals surface area contributed by atoms with Crippen molar-refractivity contribution in [2.45, 2.75) is 31.8 Å². The van der Waals surface area contributed by atoms with Crippen molar-refractivity contribution in [3.8, 4) is 5.75 Å². The van der Waals surface area contributed by atoms with Gasteiger partial charge in [-0.05, 0) is 73.9 Å². The van der Waals surface area contributed by atoms with E-state index in [1.165, 1.54) is 6.21 Å². The molecule has 0 atom stereocenters. The molecule has 7 nitrogen and oxygen atoms in total. The highest BCUT2D eigenvalue weighted by Gasteiger charge is 2.27. The summed E-state index contributed by atoms with van der Waals surface area (Å²) in [6.45, 7) is 5.25. The van der Waals surface area contributed by atoms with Crippen LogP contribution in [0.1, 0.15) is 22.3 Å². The average molecular weight is 524 g/mol. The minimum atomic E-state index is -3.99. The number of rotatable bonds is 9. The summed E-state index contributed by atoms with van der Waals surface area (Å²) in [5, 5.41) is 4.04. The standard InChI is InChI=1S/C27H29N3O4S2/c1-19-7-9-26(10-8-19)36(32,33)30(23-12-20(2)11-21(3)13-23)16-27(31)29-28-15-22-5-4-6-24(14-22)34-25-17-35-18-25/h4-15,25H,16-18H2,1-3H3,(H,29,31)/b28-15-. The Morgan fingerprint density at radius 3 is 2.36 bits per heavy atom. The number of thioether (sulfide) groups is 1. The number of hydrazone groups is 1. The number of hydrogen-bond donors (Lipinski definition) is 1. The van der Waals surface area contributed by atoms with Crippen molar-refractivity contribution in [3.63, 3.8) is 0 Å². The molecule has 0 spiro atoms. The number of nitrogens with one attached hydrogen (secondary N) is 1. The number of carbonyl (C=O) groups excluding carboxylic acids is 1. The molecule has 1 saturated heterocycles. The van der Waals surface area contributed by atoms with E-state index >= 15 is 0 Å². The van der Waals surface area contributed by atoms with Gasteiger partial charge in [-0.2, -0.15) is 16.9 Å². The summed E-state index contributed by atoms with van der Waals surface area (Å²) >= 11 is 1.85. The lowest BCUT2D eigenvalue weighted by Gasteiger charge is -2.25. The second-order valence-corrected chi connectivity index (χ2v) is 11.8. The summed E-state index contributed by atoms with van der Waals surface area (Å²) in [4.78, 5) is 12.9. The fraction of sp³-hybridized carbons (Fsp3) is 0.259. The van der Waals surface area contributed by atoms with Gasteiger partial charge in [0.2, 0.25) is 0 Å². The SMILES string of the molecule is Cc1ccc(S(=O)(=O)N(CC(=O)N/N=C\c2cccc(OC3CSC3)c2)c2cc(C)cc(C)c2)cc1. The van der Waals surface area contributed by atoms with E-state index in [2.05, 4.69) is 10.5 Å². The lowest BCUT2D eigenvalue weighted by molar-refractivity contribution is -0.119. The number of sulfonamides is 1. The maximum Gasteiger partial charge on any atom is 0.264 e. The highest BCUT2D eigenvalue weighted by Crippen LogP contribution is 2.26. The number of carbonyl (C=O) groups is 1. The van der Waals surface area contributed by atoms with Gasteiger partial charge in [0.05, 0.1) is 16.8 Å². The van der Waals surface area contributed by atoms with Crippen LogP contribution in [-0.4, -0.2) is 44.7 Å². The van der Waals surface area contributed by atoms with E-state index in [4.69, 9.17) is 4.74 Å². The van der Waals surface area contributed by atoms with Gasteiger partial charge in [0.15, 0.2) is 0 Å². The molecular formula is C27H29N3O4S2. The highest BCUT2D eigenvalue weighted by molar-refractivity contribution is 8.00. The Balaban J connectivity index is 1.51. The fourth-order valence-corrected chi connectivity index (χ4v) is 5.70. The van der Waals surface area contributed by atoms with Crippen LogP contribution in [0.4, 0.5) is 5.69 Å². The van der Waals surface area contributed by atoms with Crippen molar-refractivity contribution < 1.29 is 17.9 Å². The Bertz CT molecular complexity index is 1350. The molecule has 0 unspecified atom stereocenters. The lowest BCUT2D eigenvalue weighted by atomic mass is 10.1. The van der Waals surface area contributed by atoms with Gasteiger partial charge >= 0.3 is 0 Å². The van der Waals surface area contributed by atoms with Crippen LogP contribution in [0.5, 0.6) is 5.75 Å². The van der Waals surface area contributed by atoms with Gasteiger partial charge in [-0.25, -0.2) is 13.8 Å². The van der Waals surface area contributed by atoms with E-state index in [9.17, 15) is 13.2 Å². The number of anilines is 1. The number of amides is 1. The summed E-state index contributed by atoms with van der Waals surface area (Å²) in [5.41, 5.74) is 6.38. The van der Waals surface area contributed by atoms with E-state index in [0.29, 0.717) is 5.69 Å². The van der Waals surface area contributed by atoms with E-state index in [1.54, 1.807) is 36.4 Å². The van der Waals surface area contributed by atoms with Crippen LogP contribution in [0.15, 0.2) is 76.7 Å². The van der Waals surface area contributed by atoms with E-state index in [-0.39, 0.29) is 11.0 Å². The molecule has 0 saturated carbocycles. The average Bonchev–Trinajstić information content (AvgIpc) is 2.80. The van der Waals surface area contributed by atoms with Crippen molar-refractivity contribution in [2.24, 2.45) is 5.10 Å². The molecule has 0 bridgehead atoms. The van der Waals surface area contributed by atoms with Crippen LogP contribution < -0.4 is 14.5 Å². The second-order valence-electron chi connectivity index (χ2n) is 8.81. The molecule has 0 aromatic heterocycles. The molecule has 3 aromatic carbocycles. The zero-order valence-electron chi connectivity index (χ0n) is 20.5. The number of hydrogen-bond acceptors (Lipinski definition) is 6. The molecule has 1 N–H and O–H groups in total. The van der Waals surface area contributed by atoms with Gasteiger partial charge < -0.3 is 4.74 Å². The first-order valence-electron chi connectivity index (χ1n) is 11.5. The van der Waals surface area contributed by atoms with E-state index in [1.807, 2.05) is 62.9 Å². The number of nitrogens with zero attached hydrogens (tertiary/aromatic N) is 2. The van der Waals surface area contributed by atoms with Crippen molar-refractivity contribution in [1.82, 2.24) is 5.43 Å². The van der Waals surface area contributed by atoms with Gasteiger partial charge in [0.1, 0.15) is 18.4 Å². The zero-order valence-corrected chi connectivity index (χ0v) is 22.1. The number of ether oxygens (including phenoxy) is 1. The van der Waals surface area contributed by atoms with Crippen LogP contribution in [0, 0.1) is 20.8 Å². The lowest BCUT2D eigenvalue weighted by Crippen LogP contribution is -2.39. The van der Waals surface area contributed by atoms with Crippen molar-refractivity contribution in [1.29, 1.82) is 0 Å². The first-order chi connectivity index (χ1) is 17.2. The molecule has 4 rings (SSSR count). The molecule has 9 heteroatoms. The van der Waals surface area contributed by atoms with Crippen molar-refractivity contribution >= 4 is 39.6 Å². The van der Waals surface area contributed by atoms with Crippen LogP contribution in [0.3, 0.4) is 0 Å². The molecule has 0 radical (unpaired) electrons. The third-order valence-corrected chi connectivity index (χ3v) is 8.56. The van der Waals surface area contributed by atoms with E-state index < -0.39 is 22.5 Å². The highest BCUT2D eigenvalue weighted by atomic mass is 32.2. The number of benzene rings is 3. The predicted molar refractivity (Wildman–Crippen MR) is 146 cm³/mol. The van der Waals surface area contributed by atoms with Gasteiger partial charge in [0.25, 0.3) is 15.9 Å². The van der Waals surface area contributed by atoms with Gasteiger partial charge in [-0.3, -0.25) is 9.10 Å². The van der Waals surface area contributed by atoms with Crippen LogP contribution in [0.2, 0.25) is 0 Å². The molecule has 0 aliphatic carbocycles. The van der Waals surface area contributed by atoms with Crippen LogP contribution in [-0.2, 0) is 14.8 Å². The monoisotopic (exact) mass is 523 g/mol. The molecular weight excluding hydrogens is 494 g/mol. The first kappa shape index (κ1) is 25.8. The zero-order chi connectivity index (χ0) is 25.7. The minimum Gasteiger partial charge on any atom is -0.489 e. The number of aryl methyl sites for hydroxylation is 3. The predicted octanol–water partition coefficient (Wildman–Crippen LogP) is 4.45. The minimum absolute atomic E-state index is 0.116. The fourth-order valence-electron chi connectivity index (χ4n) is 3.73. The van der Waals surface area contributed by atoms with Gasteiger partial charge in [-0.1, -0.05) is 35.9 Å². The summed E-state index contributed by atoms with van der Waals surface area (Å²) in [6, 6.07) is 19.5. The molecule has 1 aliphatic heterocycles. The topological polar surface area (TPSA) is 88.1 Å². The van der Waals surface area contributed by atoms with Crippen molar-refractivity contribution in [2.75, 3.05) is 22.4 Å². The summed E-state index contributed by atoms with van der Waals surface area (Å²) in [6.07, 6.45) is 1.74. The molecule has 3 aromatic rings. The van der Waals surface area contributed by atoms with Crippen LogP contribution in [0.25, 0.3) is 0 Å². The summed E-state index contributed by atoms with van der Waals surface area (Å²) in [7, 11) is -3.99. The Labute approximate surface area is 216 Å². The third kappa shape index (κ3) is 6.47. The van der Waals surface area contributed by atoms with Gasteiger partial charge in [-0.15, -0.1) is 0 Å². The molecule has 1 fully saturated rings. The smallest absolute Gasteiger partial charge is 0.264 e. The van der Waals surface area contributed by atoms with Crippen molar-refractivity contribution in [3.05, 3.63) is 89.0 Å².